The average molecular weight is 276 g/mol. The number of nitrogens with zero attached hydrogens (tertiary/aromatic N) is 5. The molecule has 6 nitrogen and oxygen atoms in total. The summed E-state index contributed by atoms with van der Waals surface area (Å²) in [5, 5.41) is 0. The summed E-state index contributed by atoms with van der Waals surface area (Å²) in [6, 6.07) is 2.10. The number of likely N-dealkylation sites (N-methyl/N-ethyl adjacent to an activating group) is 1. The molecule has 110 valence electrons. The van der Waals surface area contributed by atoms with Crippen LogP contribution < -0.4 is 15.5 Å². The molecule has 0 saturated carbocycles. The molecule has 1 aromatic rings. The molecule has 0 aromatic carbocycles. The summed E-state index contributed by atoms with van der Waals surface area (Å²) in [5.74, 6) is 2.36. The van der Waals surface area contributed by atoms with Crippen molar-refractivity contribution in [3.63, 3.8) is 0 Å². The van der Waals surface area contributed by atoms with Gasteiger partial charge in [0.15, 0.2) is 0 Å². The van der Waals surface area contributed by atoms with E-state index in [0.29, 0.717) is 5.95 Å². The van der Waals surface area contributed by atoms with E-state index in [-0.39, 0.29) is 0 Å². The summed E-state index contributed by atoms with van der Waals surface area (Å²) in [5.41, 5.74) is 5.91. The van der Waals surface area contributed by atoms with Crippen molar-refractivity contribution < 1.29 is 0 Å². The van der Waals surface area contributed by atoms with Crippen molar-refractivity contribution >= 4 is 17.6 Å². The molecule has 0 atom stereocenters. The molecule has 2 N–H and O–H groups in total. The molecule has 2 aliphatic rings. The highest BCUT2D eigenvalue weighted by molar-refractivity contribution is 5.54. The molecule has 0 aliphatic carbocycles. The van der Waals surface area contributed by atoms with Gasteiger partial charge in [-0.05, 0) is 26.3 Å². The second kappa shape index (κ2) is 5.83. The molecule has 0 unspecified atom stereocenters. The fourth-order valence-corrected chi connectivity index (χ4v) is 2.92. The van der Waals surface area contributed by atoms with Crippen molar-refractivity contribution in [1.29, 1.82) is 0 Å². The van der Waals surface area contributed by atoms with Gasteiger partial charge in [-0.2, -0.15) is 9.97 Å². The molecule has 0 bridgehead atoms. The topological polar surface area (TPSA) is 61.5 Å². The zero-order valence-electron chi connectivity index (χ0n) is 12.3. The molecule has 20 heavy (non-hydrogen) atoms. The number of anilines is 3. The normalized spacial score (nSPS) is 21.2. The number of piperidine rings is 1. The molecule has 2 saturated heterocycles. The van der Waals surface area contributed by atoms with Crippen LogP contribution in [0.3, 0.4) is 0 Å². The van der Waals surface area contributed by atoms with E-state index in [4.69, 9.17) is 5.73 Å². The van der Waals surface area contributed by atoms with Crippen LogP contribution in [0.4, 0.5) is 17.6 Å². The molecular formula is C14H24N6. The Bertz CT molecular complexity index is 449. The maximum atomic E-state index is 5.91. The Hall–Kier alpha value is -1.56. The minimum atomic E-state index is 0.391. The lowest BCUT2D eigenvalue weighted by Gasteiger charge is -2.34. The van der Waals surface area contributed by atoms with Gasteiger partial charge < -0.3 is 20.4 Å². The van der Waals surface area contributed by atoms with Gasteiger partial charge in [-0.15, -0.1) is 0 Å². The van der Waals surface area contributed by atoms with Gasteiger partial charge >= 0.3 is 0 Å². The van der Waals surface area contributed by atoms with Crippen LogP contribution in [0.15, 0.2) is 6.07 Å². The smallest absolute Gasteiger partial charge is 0.223 e. The van der Waals surface area contributed by atoms with Crippen molar-refractivity contribution in [2.24, 2.45) is 0 Å². The van der Waals surface area contributed by atoms with Crippen LogP contribution in [-0.2, 0) is 0 Å². The molecule has 3 heterocycles. The molecule has 0 radical (unpaired) electrons. The van der Waals surface area contributed by atoms with E-state index < -0.39 is 0 Å². The van der Waals surface area contributed by atoms with Gasteiger partial charge in [0.1, 0.15) is 11.6 Å². The monoisotopic (exact) mass is 276 g/mol. The maximum absolute atomic E-state index is 5.91. The van der Waals surface area contributed by atoms with Gasteiger partial charge in [-0.1, -0.05) is 0 Å². The van der Waals surface area contributed by atoms with Crippen LogP contribution in [0.25, 0.3) is 0 Å². The van der Waals surface area contributed by atoms with Crippen molar-refractivity contribution in [2.75, 3.05) is 61.8 Å². The first-order valence-corrected chi connectivity index (χ1v) is 7.55. The fourth-order valence-electron chi connectivity index (χ4n) is 2.92. The largest absolute Gasteiger partial charge is 0.368 e. The Balaban J connectivity index is 1.79. The van der Waals surface area contributed by atoms with Crippen molar-refractivity contribution in [3.05, 3.63) is 6.07 Å². The summed E-state index contributed by atoms with van der Waals surface area (Å²) in [6.07, 6.45) is 3.81. The zero-order chi connectivity index (χ0) is 13.9. The molecule has 3 rings (SSSR count). The van der Waals surface area contributed by atoms with Gasteiger partial charge in [0, 0.05) is 45.3 Å². The number of nitrogen functional groups attached to an aromatic ring is 1. The van der Waals surface area contributed by atoms with Crippen LogP contribution >= 0.6 is 0 Å². The third-order valence-corrected chi connectivity index (χ3v) is 4.22. The Labute approximate surface area is 120 Å². The lowest BCUT2D eigenvalue weighted by molar-refractivity contribution is 0.312. The standard InChI is InChI=1S/C14H24N6/c1-18-7-9-20(10-8-18)13-11-12(16-14(15)17-13)19-5-3-2-4-6-19/h11H,2-10H2,1H3,(H2,15,16,17). The average Bonchev–Trinajstić information content (AvgIpc) is 2.48. The predicted octanol–water partition coefficient (Wildman–Crippen LogP) is 0.801. The number of rotatable bonds is 2. The van der Waals surface area contributed by atoms with E-state index in [2.05, 4.69) is 37.8 Å². The SMILES string of the molecule is CN1CCN(c2cc(N3CCCCC3)nc(N)n2)CC1. The lowest BCUT2D eigenvalue weighted by Crippen LogP contribution is -2.45. The van der Waals surface area contributed by atoms with Gasteiger partial charge in [0.2, 0.25) is 5.95 Å². The van der Waals surface area contributed by atoms with Gasteiger partial charge in [-0.25, -0.2) is 0 Å². The van der Waals surface area contributed by atoms with Gasteiger partial charge in [-0.3, -0.25) is 0 Å². The summed E-state index contributed by atoms with van der Waals surface area (Å²) in [4.78, 5) is 15.8. The Morgan fingerprint density at radius 1 is 0.850 bits per heavy atom. The Kier molecular flexibility index (Phi) is 3.91. The summed E-state index contributed by atoms with van der Waals surface area (Å²) in [6.45, 7) is 6.32. The summed E-state index contributed by atoms with van der Waals surface area (Å²) >= 11 is 0. The first kappa shape index (κ1) is 13.4. The van der Waals surface area contributed by atoms with Crippen LogP contribution in [-0.4, -0.2) is 61.2 Å². The fraction of sp³-hybridized carbons (Fsp3) is 0.714. The van der Waals surface area contributed by atoms with Gasteiger partial charge in [0.05, 0.1) is 0 Å². The molecule has 6 heteroatoms. The van der Waals surface area contributed by atoms with E-state index in [1.807, 2.05) is 0 Å². The Morgan fingerprint density at radius 3 is 2.00 bits per heavy atom. The molecular weight excluding hydrogens is 252 g/mol. The Morgan fingerprint density at radius 2 is 1.40 bits per heavy atom. The highest BCUT2D eigenvalue weighted by Crippen LogP contribution is 2.23. The van der Waals surface area contributed by atoms with Crippen LogP contribution in [0.5, 0.6) is 0 Å². The summed E-state index contributed by atoms with van der Waals surface area (Å²) in [7, 11) is 2.16. The minimum absolute atomic E-state index is 0.391. The minimum Gasteiger partial charge on any atom is -0.368 e. The summed E-state index contributed by atoms with van der Waals surface area (Å²) < 4.78 is 0. The zero-order valence-corrected chi connectivity index (χ0v) is 12.3. The third-order valence-electron chi connectivity index (χ3n) is 4.22. The maximum Gasteiger partial charge on any atom is 0.223 e. The second-order valence-electron chi connectivity index (χ2n) is 5.78. The van der Waals surface area contributed by atoms with Gasteiger partial charge in [0.25, 0.3) is 0 Å². The van der Waals surface area contributed by atoms with E-state index in [9.17, 15) is 0 Å². The highest BCUT2D eigenvalue weighted by atomic mass is 15.3. The number of nitrogens with two attached hydrogens (primary N) is 1. The quantitative estimate of drug-likeness (QED) is 0.862. The third kappa shape index (κ3) is 2.95. The van der Waals surface area contributed by atoms with Crippen molar-refractivity contribution in [2.45, 2.75) is 19.3 Å². The first-order chi connectivity index (χ1) is 9.72. The molecule has 2 aliphatic heterocycles. The number of hydrogen-bond donors (Lipinski definition) is 1. The van der Waals surface area contributed by atoms with E-state index >= 15 is 0 Å². The second-order valence-corrected chi connectivity index (χ2v) is 5.78. The first-order valence-electron chi connectivity index (χ1n) is 7.55. The number of aromatic nitrogens is 2. The lowest BCUT2D eigenvalue weighted by atomic mass is 10.1. The van der Waals surface area contributed by atoms with E-state index in [1.165, 1.54) is 19.3 Å². The number of piperazine rings is 1. The predicted molar refractivity (Wildman–Crippen MR) is 82.2 cm³/mol. The van der Waals surface area contributed by atoms with E-state index in [0.717, 1.165) is 50.9 Å². The molecule has 1 aromatic heterocycles. The molecule has 2 fully saturated rings. The van der Waals surface area contributed by atoms with Crippen LogP contribution in [0.2, 0.25) is 0 Å². The van der Waals surface area contributed by atoms with Crippen LogP contribution in [0, 0.1) is 0 Å². The number of hydrogen-bond acceptors (Lipinski definition) is 6. The van der Waals surface area contributed by atoms with Crippen LogP contribution in [0.1, 0.15) is 19.3 Å². The molecule has 0 spiro atoms. The van der Waals surface area contributed by atoms with Crippen molar-refractivity contribution in [1.82, 2.24) is 14.9 Å². The van der Waals surface area contributed by atoms with Crippen molar-refractivity contribution in [3.8, 4) is 0 Å². The highest BCUT2D eigenvalue weighted by Gasteiger charge is 2.19. The molecule has 0 amide bonds. The van der Waals surface area contributed by atoms with E-state index in [1.54, 1.807) is 0 Å².